The third-order valence-electron chi connectivity index (χ3n) is 3.69. The van der Waals surface area contributed by atoms with E-state index in [-0.39, 0.29) is 5.84 Å². The molecule has 0 saturated heterocycles. The smallest absolute Gasteiger partial charge is 0.365 e. The number of hydrogen-bond acceptors (Lipinski definition) is 5. The van der Waals surface area contributed by atoms with Crippen LogP contribution >= 0.6 is 22.9 Å². The summed E-state index contributed by atoms with van der Waals surface area (Å²) in [4.78, 5) is 17.9. The van der Waals surface area contributed by atoms with E-state index in [1.807, 2.05) is 36.6 Å². The van der Waals surface area contributed by atoms with Gasteiger partial charge in [-0.25, -0.2) is 4.79 Å². The van der Waals surface area contributed by atoms with Crippen molar-refractivity contribution in [3.05, 3.63) is 86.6 Å². The summed E-state index contributed by atoms with van der Waals surface area (Å²) in [5, 5.41) is 6.22. The fraction of sp³-hybridized carbons (Fsp3) is 0.100. The van der Waals surface area contributed by atoms with Crippen molar-refractivity contribution in [1.82, 2.24) is 0 Å². The van der Waals surface area contributed by atoms with Crippen molar-refractivity contribution < 1.29 is 14.4 Å². The molecule has 5 nitrogen and oxygen atoms in total. The normalized spacial score (nSPS) is 11.3. The first-order valence-electron chi connectivity index (χ1n) is 8.09. The van der Waals surface area contributed by atoms with E-state index in [0.717, 1.165) is 21.8 Å². The molecule has 7 heteroatoms. The van der Waals surface area contributed by atoms with Crippen LogP contribution in [0.15, 0.2) is 65.1 Å². The lowest BCUT2D eigenvalue weighted by Gasteiger charge is -2.10. The fourth-order valence-electron chi connectivity index (χ4n) is 2.34. The van der Waals surface area contributed by atoms with Crippen molar-refractivity contribution in [3.8, 4) is 5.75 Å². The molecule has 0 bridgehead atoms. The van der Waals surface area contributed by atoms with Gasteiger partial charge in [0, 0.05) is 5.02 Å². The Morgan fingerprint density at radius 3 is 2.78 bits per heavy atom. The number of benzene rings is 2. The van der Waals surface area contributed by atoms with Crippen LogP contribution in [0.3, 0.4) is 0 Å². The first-order chi connectivity index (χ1) is 13.0. The van der Waals surface area contributed by atoms with Crippen LogP contribution in [0.5, 0.6) is 5.75 Å². The molecule has 1 aromatic heterocycles. The molecule has 0 aliphatic rings. The summed E-state index contributed by atoms with van der Waals surface area (Å²) in [6.45, 7) is 2.23. The fourth-order valence-corrected chi connectivity index (χ4v) is 3.18. The predicted molar refractivity (Wildman–Crippen MR) is 107 cm³/mol. The van der Waals surface area contributed by atoms with Crippen LogP contribution in [0.25, 0.3) is 0 Å². The highest BCUT2D eigenvalue weighted by Crippen LogP contribution is 2.23. The zero-order valence-electron chi connectivity index (χ0n) is 14.5. The largest absolute Gasteiger partial charge is 0.489 e. The van der Waals surface area contributed by atoms with Crippen molar-refractivity contribution in [1.29, 1.82) is 0 Å². The number of nitrogens with two attached hydrogens (primary N) is 1. The number of carbonyl (C=O) groups excluding carboxylic acids is 1. The maximum absolute atomic E-state index is 12.2. The Kier molecular flexibility index (Phi) is 6.11. The van der Waals surface area contributed by atoms with E-state index in [4.69, 9.17) is 26.9 Å². The van der Waals surface area contributed by atoms with Gasteiger partial charge < -0.3 is 15.3 Å². The van der Waals surface area contributed by atoms with Crippen LogP contribution in [0.2, 0.25) is 5.02 Å². The summed E-state index contributed by atoms with van der Waals surface area (Å²) in [6, 6.07) is 16.0. The summed E-state index contributed by atoms with van der Waals surface area (Å²) >= 11 is 7.36. The Balaban J connectivity index is 1.64. The zero-order valence-corrected chi connectivity index (χ0v) is 16.1. The molecule has 0 unspecified atom stereocenters. The van der Waals surface area contributed by atoms with Crippen LogP contribution in [0.1, 0.15) is 26.4 Å². The Hall–Kier alpha value is -2.83. The molecule has 0 radical (unpaired) electrons. The Morgan fingerprint density at radius 1 is 1.19 bits per heavy atom. The maximum atomic E-state index is 12.2. The minimum absolute atomic E-state index is 0.163. The van der Waals surface area contributed by atoms with Crippen LogP contribution in [0.4, 0.5) is 0 Å². The lowest BCUT2D eigenvalue weighted by molar-refractivity contribution is 0.0516. The molecule has 0 aliphatic carbocycles. The molecule has 1 heterocycles. The van der Waals surface area contributed by atoms with E-state index in [9.17, 15) is 4.79 Å². The molecule has 2 aromatic carbocycles. The summed E-state index contributed by atoms with van der Waals surface area (Å²) < 4.78 is 5.80. The molecule has 0 atom stereocenters. The molecule has 0 aliphatic heterocycles. The standard InChI is InChI=1S/C20H17ClN2O3S/c1-13-10-16(21)7-8-17(13)25-12-14-4-2-5-15(11-14)20(24)26-23-19(22)18-6-3-9-27-18/h2-11H,12H2,1H3,(H2,22,23). The van der Waals surface area contributed by atoms with E-state index >= 15 is 0 Å². The van der Waals surface area contributed by atoms with E-state index < -0.39 is 5.97 Å². The van der Waals surface area contributed by atoms with Gasteiger partial charge in [0.15, 0.2) is 5.84 Å². The van der Waals surface area contributed by atoms with Gasteiger partial charge >= 0.3 is 5.97 Å². The van der Waals surface area contributed by atoms with Crippen molar-refractivity contribution in [2.75, 3.05) is 0 Å². The number of oxime groups is 1. The maximum Gasteiger partial charge on any atom is 0.365 e. The number of rotatable bonds is 6. The molecule has 2 N–H and O–H groups in total. The molecule has 0 saturated carbocycles. The molecule has 27 heavy (non-hydrogen) atoms. The summed E-state index contributed by atoms with van der Waals surface area (Å²) in [5.74, 6) is 0.316. The van der Waals surface area contributed by atoms with Gasteiger partial charge in [-0.3, -0.25) is 0 Å². The van der Waals surface area contributed by atoms with E-state index in [0.29, 0.717) is 17.2 Å². The van der Waals surface area contributed by atoms with Crippen molar-refractivity contribution in [2.45, 2.75) is 13.5 Å². The number of nitrogens with zero attached hydrogens (tertiary/aromatic N) is 1. The second-order valence-electron chi connectivity index (χ2n) is 5.73. The molecule has 3 rings (SSSR count). The third-order valence-corrected chi connectivity index (χ3v) is 4.82. The summed E-state index contributed by atoms with van der Waals surface area (Å²) in [7, 11) is 0. The van der Waals surface area contributed by atoms with Crippen LogP contribution < -0.4 is 10.5 Å². The van der Waals surface area contributed by atoms with Crippen LogP contribution in [-0.4, -0.2) is 11.8 Å². The minimum Gasteiger partial charge on any atom is -0.489 e. The van der Waals surface area contributed by atoms with Gasteiger partial charge in [0.2, 0.25) is 0 Å². The summed E-state index contributed by atoms with van der Waals surface area (Å²) in [6.07, 6.45) is 0. The SMILES string of the molecule is Cc1cc(Cl)ccc1OCc1cccc(C(=O)O/N=C(\N)c2cccs2)c1. The molecule has 0 amide bonds. The van der Waals surface area contributed by atoms with Crippen molar-refractivity contribution in [2.24, 2.45) is 10.9 Å². The summed E-state index contributed by atoms with van der Waals surface area (Å²) in [5.41, 5.74) is 7.92. The zero-order chi connectivity index (χ0) is 19.2. The van der Waals surface area contributed by atoms with Gasteiger partial charge in [0.05, 0.1) is 10.4 Å². The quantitative estimate of drug-likeness (QED) is 0.280. The van der Waals surface area contributed by atoms with Gasteiger partial charge in [-0.2, -0.15) is 0 Å². The number of hydrogen-bond donors (Lipinski definition) is 1. The van der Waals surface area contributed by atoms with Crippen molar-refractivity contribution >= 4 is 34.7 Å². The second kappa shape index (κ2) is 8.70. The lowest BCUT2D eigenvalue weighted by Crippen LogP contribution is -2.13. The number of aryl methyl sites for hydroxylation is 1. The monoisotopic (exact) mass is 400 g/mol. The number of thiophene rings is 1. The number of amidine groups is 1. The Bertz CT molecular complexity index is 971. The second-order valence-corrected chi connectivity index (χ2v) is 7.12. The Labute approximate surface area is 166 Å². The average Bonchev–Trinajstić information content (AvgIpc) is 3.20. The highest BCUT2D eigenvalue weighted by atomic mass is 35.5. The molecule has 138 valence electrons. The third kappa shape index (κ3) is 5.09. The van der Waals surface area contributed by atoms with Gasteiger partial charge in [-0.05, 0) is 59.8 Å². The van der Waals surface area contributed by atoms with Crippen LogP contribution in [0, 0.1) is 6.92 Å². The van der Waals surface area contributed by atoms with E-state index in [2.05, 4.69) is 5.16 Å². The first-order valence-corrected chi connectivity index (χ1v) is 9.35. The predicted octanol–water partition coefficient (Wildman–Crippen LogP) is 4.77. The molecule has 3 aromatic rings. The molecular weight excluding hydrogens is 384 g/mol. The highest BCUT2D eigenvalue weighted by Gasteiger charge is 2.10. The highest BCUT2D eigenvalue weighted by molar-refractivity contribution is 7.12. The average molecular weight is 401 g/mol. The van der Waals surface area contributed by atoms with Gasteiger partial charge in [0.25, 0.3) is 0 Å². The lowest BCUT2D eigenvalue weighted by atomic mass is 10.1. The molecule has 0 fully saturated rings. The van der Waals surface area contributed by atoms with E-state index in [1.54, 1.807) is 30.3 Å². The number of ether oxygens (including phenoxy) is 1. The van der Waals surface area contributed by atoms with Crippen LogP contribution in [-0.2, 0) is 11.4 Å². The van der Waals surface area contributed by atoms with Crippen molar-refractivity contribution in [3.63, 3.8) is 0 Å². The minimum atomic E-state index is -0.584. The van der Waals surface area contributed by atoms with Gasteiger partial charge in [-0.1, -0.05) is 35.0 Å². The topological polar surface area (TPSA) is 73.9 Å². The van der Waals surface area contributed by atoms with Gasteiger partial charge in [-0.15, -0.1) is 11.3 Å². The molecular formula is C20H17ClN2O3S. The first kappa shape index (κ1) is 18.9. The molecule has 0 spiro atoms. The van der Waals surface area contributed by atoms with Gasteiger partial charge in [0.1, 0.15) is 12.4 Å². The van der Waals surface area contributed by atoms with E-state index in [1.165, 1.54) is 11.3 Å². The Morgan fingerprint density at radius 2 is 2.04 bits per heavy atom. The number of carbonyl (C=O) groups is 1. The number of halogens is 1.